The molecule has 0 aromatic carbocycles. The molecular weight excluding hydrogens is 324 g/mol. The van der Waals surface area contributed by atoms with Crippen molar-refractivity contribution >= 4 is 50.2 Å². The first kappa shape index (κ1) is 12.6. The zero-order valence-corrected chi connectivity index (χ0v) is 13.1. The van der Waals surface area contributed by atoms with Crippen LogP contribution in [0.1, 0.15) is 32.5 Å². The van der Waals surface area contributed by atoms with E-state index >= 15 is 0 Å². The second kappa shape index (κ2) is 5.21. The van der Waals surface area contributed by atoms with Crippen molar-refractivity contribution in [2.24, 2.45) is 0 Å². The Balaban J connectivity index is 2.38. The molecule has 0 bridgehead atoms. The fourth-order valence-electron chi connectivity index (χ4n) is 1.65. The first-order valence-electron chi connectivity index (χ1n) is 5.09. The average molecular weight is 336 g/mol. The van der Waals surface area contributed by atoms with Crippen LogP contribution < -0.4 is 0 Å². The highest BCUT2D eigenvalue weighted by molar-refractivity contribution is 9.10. The summed E-state index contributed by atoms with van der Waals surface area (Å²) in [6.07, 6.45) is 1.05. The van der Waals surface area contributed by atoms with E-state index in [1.807, 2.05) is 0 Å². The first-order chi connectivity index (χ1) is 7.63. The van der Waals surface area contributed by atoms with E-state index < -0.39 is 0 Å². The Labute approximate surface area is 117 Å². The van der Waals surface area contributed by atoms with E-state index in [-0.39, 0.29) is 5.38 Å². The van der Waals surface area contributed by atoms with Crippen molar-refractivity contribution in [2.45, 2.75) is 25.6 Å². The Hall–Kier alpha value is 0.170. The molecule has 2 rings (SSSR count). The third-order valence-electron chi connectivity index (χ3n) is 2.46. The standard InChI is InChI=1S/C12H12BrClS2/c1-3-8-4-5-15-11(8)10(14)12-9(13)6-7(2)16-12/h4-6,10H,3H2,1-2H3. The molecule has 1 atom stereocenters. The summed E-state index contributed by atoms with van der Waals surface area (Å²) in [6, 6.07) is 4.30. The molecule has 0 saturated carbocycles. The van der Waals surface area contributed by atoms with Crippen LogP contribution in [0.15, 0.2) is 22.0 Å². The minimum atomic E-state index is -0.0111. The van der Waals surface area contributed by atoms with E-state index in [1.54, 1.807) is 22.7 Å². The van der Waals surface area contributed by atoms with Crippen LogP contribution in [0.25, 0.3) is 0 Å². The molecule has 2 heterocycles. The number of aryl methyl sites for hydroxylation is 2. The van der Waals surface area contributed by atoms with Crippen molar-refractivity contribution in [3.8, 4) is 0 Å². The SMILES string of the molecule is CCc1ccsc1C(Cl)c1sc(C)cc1Br. The van der Waals surface area contributed by atoms with E-state index in [9.17, 15) is 0 Å². The quantitative estimate of drug-likeness (QED) is 0.624. The van der Waals surface area contributed by atoms with Crippen molar-refractivity contribution < 1.29 is 0 Å². The zero-order valence-electron chi connectivity index (χ0n) is 9.09. The lowest BCUT2D eigenvalue weighted by Crippen LogP contribution is -1.91. The molecule has 0 spiro atoms. The normalized spacial score (nSPS) is 13.0. The third-order valence-corrected chi connectivity index (χ3v) is 6.21. The summed E-state index contributed by atoms with van der Waals surface area (Å²) < 4.78 is 1.13. The summed E-state index contributed by atoms with van der Waals surface area (Å²) in [7, 11) is 0. The van der Waals surface area contributed by atoms with Crippen LogP contribution in [0.5, 0.6) is 0 Å². The zero-order chi connectivity index (χ0) is 11.7. The average Bonchev–Trinajstić information content (AvgIpc) is 2.83. The molecule has 0 aliphatic rings. The highest BCUT2D eigenvalue weighted by Crippen LogP contribution is 2.42. The van der Waals surface area contributed by atoms with Crippen molar-refractivity contribution in [3.05, 3.63) is 42.2 Å². The predicted octanol–water partition coefficient (Wildman–Crippen LogP) is 5.77. The van der Waals surface area contributed by atoms with Crippen LogP contribution in [0, 0.1) is 6.92 Å². The van der Waals surface area contributed by atoms with Crippen LogP contribution in [-0.2, 0) is 6.42 Å². The Kier molecular flexibility index (Phi) is 4.11. The summed E-state index contributed by atoms with van der Waals surface area (Å²) in [5, 5.41) is 2.11. The molecule has 0 nitrogen and oxygen atoms in total. The Morgan fingerprint density at radius 1 is 1.44 bits per heavy atom. The van der Waals surface area contributed by atoms with Crippen LogP contribution in [-0.4, -0.2) is 0 Å². The minimum absolute atomic E-state index is 0.0111. The van der Waals surface area contributed by atoms with Crippen molar-refractivity contribution in [1.29, 1.82) is 0 Å². The summed E-state index contributed by atoms with van der Waals surface area (Å²) >= 11 is 13.7. The summed E-state index contributed by atoms with van der Waals surface area (Å²) in [4.78, 5) is 3.80. The highest BCUT2D eigenvalue weighted by Gasteiger charge is 2.20. The van der Waals surface area contributed by atoms with Gasteiger partial charge in [-0.05, 0) is 52.4 Å². The van der Waals surface area contributed by atoms with E-state index in [0.717, 1.165) is 10.9 Å². The molecule has 2 aromatic rings. The topological polar surface area (TPSA) is 0 Å². The number of hydrogen-bond acceptors (Lipinski definition) is 2. The van der Waals surface area contributed by atoms with E-state index in [2.05, 4.69) is 47.3 Å². The number of thiophene rings is 2. The van der Waals surface area contributed by atoms with Gasteiger partial charge in [-0.2, -0.15) is 0 Å². The van der Waals surface area contributed by atoms with Gasteiger partial charge in [-0.1, -0.05) is 6.92 Å². The largest absolute Gasteiger partial charge is 0.147 e. The Morgan fingerprint density at radius 2 is 2.19 bits per heavy atom. The first-order valence-corrected chi connectivity index (χ1v) is 8.02. The van der Waals surface area contributed by atoms with Crippen molar-refractivity contribution in [3.63, 3.8) is 0 Å². The van der Waals surface area contributed by atoms with Gasteiger partial charge in [0.05, 0.1) is 0 Å². The molecule has 2 aromatic heterocycles. The molecule has 86 valence electrons. The molecule has 0 aliphatic heterocycles. The van der Waals surface area contributed by atoms with Gasteiger partial charge >= 0.3 is 0 Å². The van der Waals surface area contributed by atoms with Gasteiger partial charge < -0.3 is 0 Å². The summed E-state index contributed by atoms with van der Waals surface area (Å²) in [5.41, 5.74) is 1.36. The Morgan fingerprint density at radius 3 is 2.75 bits per heavy atom. The lowest BCUT2D eigenvalue weighted by atomic mass is 10.1. The molecule has 0 fully saturated rings. The Bertz CT molecular complexity index is 487. The fraction of sp³-hybridized carbons (Fsp3) is 0.333. The fourth-order valence-corrected chi connectivity index (χ4v) is 5.26. The van der Waals surface area contributed by atoms with E-state index in [0.29, 0.717) is 0 Å². The predicted molar refractivity (Wildman–Crippen MR) is 78.1 cm³/mol. The molecule has 0 N–H and O–H groups in total. The molecular formula is C12H12BrClS2. The van der Waals surface area contributed by atoms with Crippen LogP contribution >= 0.6 is 50.2 Å². The molecule has 0 radical (unpaired) electrons. The molecule has 16 heavy (non-hydrogen) atoms. The maximum Gasteiger partial charge on any atom is 0.103 e. The number of hydrogen-bond donors (Lipinski definition) is 0. The summed E-state index contributed by atoms with van der Waals surface area (Å²) in [6.45, 7) is 4.28. The lowest BCUT2D eigenvalue weighted by molar-refractivity contribution is 1.09. The molecule has 4 heteroatoms. The minimum Gasteiger partial charge on any atom is -0.147 e. The van der Waals surface area contributed by atoms with Gasteiger partial charge in [-0.15, -0.1) is 34.3 Å². The lowest BCUT2D eigenvalue weighted by Gasteiger charge is -2.08. The van der Waals surface area contributed by atoms with Gasteiger partial charge in [0.25, 0.3) is 0 Å². The number of rotatable bonds is 3. The van der Waals surface area contributed by atoms with E-state index in [1.165, 1.54) is 20.2 Å². The summed E-state index contributed by atoms with van der Waals surface area (Å²) in [5.74, 6) is 0. The van der Waals surface area contributed by atoms with Gasteiger partial charge in [0.1, 0.15) is 5.38 Å². The van der Waals surface area contributed by atoms with Crippen molar-refractivity contribution in [1.82, 2.24) is 0 Å². The monoisotopic (exact) mass is 334 g/mol. The molecule has 0 saturated heterocycles. The molecule has 0 amide bonds. The number of halogens is 2. The van der Waals surface area contributed by atoms with Gasteiger partial charge in [0, 0.05) is 19.1 Å². The molecule has 0 aliphatic carbocycles. The smallest absolute Gasteiger partial charge is 0.103 e. The molecule has 1 unspecified atom stereocenters. The number of alkyl halides is 1. The van der Waals surface area contributed by atoms with E-state index in [4.69, 9.17) is 11.6 Å². The van der Waals surface area contributed by atoms with Gasteiger partial charge in [-0.25, -0.2) is 0 Å². The maximum atomic E-state index is 6.57. The van der Waals surface area contributed by atoms with Crippen LogP contribution in [0.3, 0.4) is 0 Å². The van der Waals surface area contributed by atoms with Gasteiger partial charge in [0.2, 0.25) is 0 Å². The second-order valence-electron chi connectivity index (χ2n) is 3.60. The maximum absolute atomic E-state index is 6.57. The third kappa shape index (κ3) is 2.37. The van der Waals surface area contributed by atoms with Crippen LogP contribution in [0.2, 0.25) is 0 Å². The van der Waals surface area contributed by atoms with Gasteiger partial charge in [0.15, 0.2) is 0 Å². The van der Waals surface area contributed by atoms with Crippen LogP contribution in [0.4, 0.5) is 0 Å². The van der Waals surface area contributed by atoms with Crippen molar-refractivity contribution in [2.75, 3.05) is 0 Å². The second-order valence-corrected chi connectivity index (χ2v) is 7.12. The van der Waals surface area contributed by atoms with Gasteiger partial charge in [-0.3, -0.25) is 0 Å². The highest BCUT2D eigenvalue weighted by atomic mass is 79.9.